The molecule has 1 aromatic heterocycles. The smallest absolute Gasteiger partial charge is 0.338 e. The third-order valence-corrected chi connectivity index (χ3v) is 2.57. The van der Waals surface area contributed by atoms with Gasteiger partial charge in [0.25, 0.3) is 5.89 Å². The van der Waals surface area contributed by atoms with Crippen molar-refractivity contribution in [2.45, 2.75) is 19.4 Å². The fourth-order valence-electron chi connectivity index (χ4n) is 1.49. The molecule has 2 N–H and O–H groups in total. The van der Waals surface area contributed by atoms with Crippen LogP contribution in [0.25, 0.3) is 11.4 Å². The van der Waals surface area contributed by atoms with Gasteiger partial charge in [0.2, 0.25) is 5.82 Å². The Balaban J connectivity index is 2.35. The highest BCUT2D eigenvalue weighted by molar-refractivity contribution is 5.88. The summed E-state index contributed by atoms with van der Waals surface area (Å²) in [4.78, 5) is 14.6. The largest absolute Gasteiger partial charge is 0.478 e. The highest BCUT2D eigenvalue weighted by Gasteiger charge is 2.17. The van der Waals surface area contributed by atoms with Crippen LogP contribution in [0.5, 0.6) is 0 Å². The molecule has 0 aliphatic carbocycles. The Kier molecular flexibility index (Phi) is 3.57. The lowest BCUT2D eigenvalue weighted by molar-refractivity contribution is 0.0692. The lowest BCUT2D eigenvalue weighted by Gasteiger charge is -1.99. The lowest BCUT2D eigenvalue weighted by atomic mass is 10.1. The van der Waals surface area contributed by atoms with E-state index in [1.54, 1.807) is 6.92 Å². The van der Waals surface area contributed by atoms with E-state index in [0.717, 1.165) is 12.1 Å². The standard InChI is InChI=1S/C12H11FN2O4/c1-2-9(16)11-14-10(15-19-11)6-3-4-7(12(17)18)8(13)5-6/h3-5,9,16H,2H2,1H3,(H,17,18)/t9-/m0/s1. The van der Waals surface area contributed by atoms with Crippen LogP contribution in [0.4, 0.5) is 4.39 Å². The fourth-order valence-corrected chi connectivity index (χ4v) is 1.49. The number of rotatable bonds is 4. The first-order valence-corrected chi connectivity index (χ1v) is 5.57. The van der Waals surface area contributed by atoms with Gasteiger partial charge in [0.05, 0.1) is 5.56 Å². The predicted octanol–water partition coefficient (Wildman–Crippen LogP) is 2.02. The van der Waals surface area contributed by atoms with Crippen molar-refractivity contribution in [2.24, 2.45) is 0 Å². The van der Waals surface area contributed by atoms with Gasteiger partial charge in [-0.15, -0.1) is 0 Å². The maximum atomic E-state index is 13.5. The molecule has 0 radical (unpaired) electrons. The van der Waals surface area contributed by atoms with Crippen molar-refractivity contribution in [1.29, 1.82) is 0 Å². The van der Waals surface area contributed by atoms with E-state index in [-0.39, 0.29) is 17.3 Å². The Bertz CT molecular complexity index is 612. The summed E-state index contributed by atoms with van der Waals surface area (Å²) in [6.45, 7) is 1.75. The van der Waals surface area contributed by atoms with E-state index >= 15 is 0 Å². The minimum absolute atomic E-state index is 0.0419. The SMILES string of the molecule is CC[C@H](O)c1nc(-c2ccc(C(=O)O)c(F)c2)no1. The van der Waals surface area contributed by atoms with Crippen molar-refractivity contribution in [3.05, 3.63) is 35.5 Å². The molecule has 0 saturated carbocycles. The number of carboxylic acids is 1. The van der Waals surface area contributed by atoms with Crippen LogP contribution in [-0.4, -0.2) is 26.3 Å². The molecule has 19 heavy (non-hydrogen) atoms. The molecule has 0 saturated heterocycles. The van der Waals surface area contributed by atoms with E-state index in [2.05, 4.69) is 10.1 Å². The van der Waals surface area contributed by atoms with Crippen LogP contribution in [-0.2, 0) is 0 Å². The Labute approximate surface area is 107 Å². The topological polar surface area (TPSA) is 96.5 Å². The van der Waals surface area contributed by atoms with Gasteiger partial charge in [0.15, 0.2) is 0 Å². The van der Waals surface area contributed by atoms with Crippen LogP contribution < -0.4 is 0 Å². The highest BCUT2D eigenvalue weighted by atomic mass is 19.1. The Morgan fingerprint density at radius 2 is 2.26 bits per heavy atom. The lowest BCUT2D eigenvalue weighted by Crippen LogP contribution is -2.00. The molecule has 0 fully saturated rings. The second-order valence-corrected chi connectivity index (χ2v) is 3.88. The third-order valence-electron chi connectivity index (χ3n) is 2.57. The number of aromatic carboxylic acids is 1. The zero-order chi connectivity index (χ0) is 14.0. The fraction of sp³-hybridized carbons (Fsp3) is 0.250. The van der Waals surface area contributed by atoms with Crippen LogP contribution in [0.15, 0.2) is 22.7 Å². The second-order valence-electron chi connectivity index (χ2n) is 3.88. The monoisotopic (exact) mass is 266 g/mol. The maximum absolute atomic E-state index is 13.5. The van der Waals surface area contributed by atoms with Crippen molar-refractivity contribution in [2.75, 3.05) is 0 Å². The molecule has 0 aliphatic rings. The highest BCUT2D eigenvalue weighted by Crippen LogP contribution is 2.22. The van der Waals surface area contributed by atoms with Crippen molar-refractivity contribution in [1.82, 2.24) is 10.1 Å². The molecule has 0 unspecified atom stereocenters. The molecule has 1 atom stereocenters. The zero-order valence-electron chi connectivity index (χ0n) is 10.00. The maximum Gasteiger partial charge on any atom is 0.338 e. The number of hydrogen-bond donors (Lipinski definition) is 2. The summed E-state index contributed by atoms with van der Waals surface area (Å²) in [5, 5.41) is 21.8. The van der Waals surface area contributed by atoms with Crippen molar-refractivity contribution >= 4 is 5.97 Å². The zero-order valence-corrected chi connectivity index (χ0v) is 10.00. The van der Waals surface area contributed by atoms with Gasteiger partial charge in [-0.25, -0.2) is 9.18 Å². The summed E-state index contributed by atoms with van der Waals surface area (Å²) >= 11 is 0. The number of halogens is 1. The Morgan fingerprint density at radius 1 is 1.53 bits per heavy atom. The van der Waals surface area contributed by atoms with Crippen LogP contribution in [0.3, 0.4) is 0 Å². The Morgan fingerprint density at radius 3 is 2.84 bits per heavy atom. The number of benzene rings is 1. The minimum Gasteiger partial charge on any atom is -0.478 e. The van der Waals surface area contributed by atoms with E-state index in [1.807, 2.05) is 0 Å². The van der Waals surface area contributed by atoms with E-state index < -0.39 is 23.5 Å². The molecule has 0 spiro atoms. The number of aliphatic hydroxyl groups excluding tert-OH is 1. The van der Waals surface area contributed by atoms with Gasteiger partial charge < -0.3 is 14.7 Å². The Hall–Kier alpha value is -2.28. The molecule has 2 aromatic rings. The quantitative estimate of drug-likeness (QED) is 0.878. The summed E-state index contributed by atoms with van der Waals surface area (Å²) in [6.07, 6.45) is -0.460. The molecule has 1 heterocycles. The number of carbonyl (C=O) groups is 1. The average molecular weight is 266 g/mol. The van der Waals surface area contributed by atoms with E-state index in [1.165, 1.54) is 6.07 Å². The second kappa shape index (κ2) is 5.15. The molecule has 1 aromatic carbocycles. The van der Waals surface area contributed by atoms with Crippen LogP contribution in [0, 0.1) is 5.82 Å². The summed E-state index contributed by atoms with van der Waals surface area (Å²) in [5.74, 6) is -2.09. The molecule has 100 valence electrons. The van der Waals surface area contributed by atoms with E-state index in [4.69, 9.17) is 9.63 Å². The summed E-state index contributed by atoms with van der Waals surface area (Å²) < 4.78 is 18.3. The number of hydrogen-bond acceptors (Lipinski definition) is 5. The van der Waals surface area contributed by atoms with Gasteiger partial charge in [-0.05, 0) is 24.6 Å². The van der Waals surface area contributed by atoms with Gasteiger partial charge in [0.1, 0.15) is 11.9 Å². The molecule has 2 rings (SSSR count). The van der Waals surface area contributed by atoms with Gasteiger partial charge in [0, 0.05) is 5.56 Å². The molecule has 0 aliphatic heterocycles. The number of nitrogens with zero attached hydrogens (tertiary/aromatic N) is 2. The van der Waals surface area contributed by atoms with Gasteiger partial charge in [-0.2, -0.15) is 4.98 Å². The van der Waals surface area contributed by atoms with Crippen molar-refractivity contribution < 1.29 is 23.9 Å². The van der Waals surface area contributed by atoms with E-state index in [9.17, 15) is 14.3 Å². The van der Waals surface area contributed by atoms with Gasteiger partial charge >= 0.3 is 5.97 Å². The van der Waals surface area contributed by atoms with Crippen LogP contribution >= 0.6 is 0 Å². The summed E-state index contributed by atoms with van der Waals surface area (Å²) in [7, 11) is 0. The van der Waals surface area contributed by atoms with Gasteiger partial charge in [-0.3, -0.25) is 0 Å². The number of aromatic nitrogens is 2. The van der Waals surface area contributed by atoms with Crippen LogP contribution in [0.2, 0.25) is 0 Å². The summed E-state index contributed by atoms with van der Waals surface area (Å²) in [5.41, 5.74) is -0.151. The first-order chi connectivity index (χ1) is 9.02. The third kappa shape index (κ3) is 2.60. The van der Waals surface area contributed by atoms with Crippen molar-refractivity contribution in [3.63, 3.8) is 0 Å². The molecule has 7 heteroatoms. The first-order valence-electron chi connectivity index (χ1n) is 5.57. The number of aliphatic hydroxyl groups is 1. The first kappa shape index (κ1) is 13.2. The van der Waals surface area contributed by atoms with E-state index in [0.29, 0.717) is 6.42 Å². The minimum atomic E-state index is -1.35. The average Bonchev–Trinajstić information content (AvgIpc) is 2.86. The molecular weight excluding hydrogens is 255 g/mol. The summed E-state index contributed by atoms with van der Waals surface area (Å²) in [6, 6.07) is 3.51. The van der Waals surface area contributed by atoms with Crippen molar-refractivity contribution in [3.8, 4) is 11.4 Å². The predicted molar refractivity (Wildman–Crippen MR) is 61.9 cm³/mol. The van der Waals surface area contributed by atoms with Gasteiger partial charge in [-0.1, -0.05) is 12.1 Å². The number of carboxylic acid groups (broad SMARTS) is 1. The molecular formula is C12H11FN2O4. The normalized spacial score (nSPS) is 12.4. The molecule has 0 amide bonds. The van der Waals surface area contributed by atoms with Crippen LogP contribution in [0.1, 0.15) is 35.7 Å². The molecule has 6 nitrogen and oxygen atoms in total. The molecule has 0 bridgehead atoms.